The Kier molecular flexibility index (Phi) is 3.90. The lowest BCUT2D eigenvalue weighted by atomic mass is 10.0. The Morgan fingerprint density at radius 3 is 2.76 bits per heavy atom. The van der Waals surface area contributed by atoms with E-state index in [4.69, 9.17) is 10.8 Å². The van der Waals surface area contributed by atoms with Crippen LogP contribution in [0, 0.1) is 6.92 Å². The monoisotopic (exact) mass is 278 g/mol. The van der Waals surface area contributed by atoms with Crippen molar-refractivity contribution in [2.45, 2.75) is 19.4 Å². The highest BCUT2D eigenvalue weighted by molar-refractivity contribution is 5.78. The number of nitrogens with two attached hydrogens (primary N) is 1. The van der Waals surface area contributed by atoms with E-state index in [9.17, 15) is 0 Å². The van der Waals surface area contributed by atoms with Crippen LogP contribution in [0.25, 0.3) is 10.9 Å². The van der Waals surface area contributed by atoms with Gasteiger partial charge < -0.3 is 0 Å². The number of hydrogen-bond acceptors (Lipinski definition) is 4. The van der Waals surface area contributed by atoms with E-state index in [1.54, 1.807) is 6.20 Å². The Labute approximate surface area is 124 Å². The summed E-state index contributed by atoms with van der Waals surface area (Å²) in [6.07, 6.45) is 2.50. The van der Waals surface area contributed by atoms with Crippen molar-refractivity contribution in [3.8, 4) is 0 Å². The van der Waals surface area contributed by atoms with Gasteiger partial charge in [-0.2, -0.15) is 0 Å². The van der Waals surface area contributed by atoms with Crippen molar-refractivity contribution in [3.05, 3.63) is 71.7 Å². The number of rotatable bonds is 4. The molecular weight excluding hydrogens is 260 g/mol. The average Bonchev–Trinajstić information content (AvgIpc) is 2.53. The number of pyridine rings is 2. The Morgan fingerprint density at radius 1 is 1.10 bits per heavy atom. The highest BCUT2D eigenvalue weighted by Gasteiger charge is 2.15. The number of aryl methyl sites for hydroxylation is 1. The highest BCUT2D eigenvalue weighted by atomic mass is 15.2. The summed E-state index contributed by atoms with van der Waals surface area (Å²) < 4.78 is 0. The molecule has 3 rings (SSSR count). The summed E-state index contributed by atoms with van der Waals surface area (Å²) in [6.45, 7) is 2.04. The topological polar surface area (TPSA) is 63.8 Å². The highest BCUT2D eigenvalue weighted by Crippen LogP contribution is 2.19. The summed E-state index contributed by atoms with van der Waals surface area (Å²) in [6, 6.07) is 16.2. The fourth-order valence-electron chi connectivity index (χ4n) is 2.53. The second-order valence-corrected chi connectivity index (χ2v) is 5.12. The van der Waals surface area contributed by atoms with Gasteiger partial charge in [0.1, 0.15) is 0 Å². The van der Waals surface area contributed by atoms with Crippen LogP contribution in [0.4, 0.5) is 0 Å². The van der Waals surface area contributed by atoms with Crippen molar-refractivity contribution < 1.29 is 0 Å². The maximum atomic E-state index is 5.72. The quantitative estimate of drug-likeness (QED) is 0.569. The third kappa shape index (κ3) is 2.91. The van der Waals surface area contributed by atoms with Gasteiger partial charge >= 0.3 is 0 Å². The average molecular weight is 278 g/mol. The zero-order chi connectivity index (χ0) is 14.7. The first-order chi connectivity index (χ1) is 10.3. The Bertz CT molecular complexity index is 754. The molecule has 0 amide bonds. The predicted molar refractivity (Wildman–Crippen MR) is 84.5 cm³/mol. The molecule has 0 aliphatic heterocycles. The minimum absolute atomic E-state index is 0.0418. The second-order valence-electron chi connectivity index (χ2n) is 5.12. The fraction of sp³-hybridized carbons (Fsp3) is 0.176. The van der Waals surface area contributed by atoms with Gasteiger partial charge in [0.15, 0.2) is 0 Å². The molecule has 0 fully saturated rings. The van der Waals surface area contributed by atoms with Gasteiger partial charge in [-0.1, -0.05) is 30.3 Å². The number of fused-ring (bicyclic) bond motifs is 1. The van der Waals surface area contributed by atoms with Crippen molar-refractivity contribution in [2.75, 3.05) is 0 Å². The molecule has 0 bridgehead atoms. The molecule has 2 heterocycles. The summed E-state index contributed by atoms with van der Waals surface area (Å²) in [4.78, 5) is 9.13. The standard InChI is InChI=1S/C17H18N4/c1-12-5-4-10-19-17(12)16(21-18)11-14-9-8-13-6-2-3-7-15(13)20-14/h2-10,16,21H,11,18H2,1H3. The Morgan fingerprint density at radius 2 is 1.95 bits per heavy atom. The van der Waals surface area contributed by atoms with E-state index in [1.165, 1.54) is 0 Å². The zero-order valence-electron chi connectivity index (χ0n) is 12.0. The molecule has 0 spiro atoms. The van der Waals surface area contributed by atoms with E-state index in [0.717, 1.165) is 27.9 Å². The number of benzene rings is 1. The normalized spacial score (nSPS) is 12.5. The SMILES string of the molecule is Cc1cccnc1C(Cc1ccc2ccccc2n1)NN. The minimum atomic E-state index is -0.0418. The smallest absolute Gasteiger partial charge is 0.0705 e. The molecule has 0 radical (unpaired) electrons. The van der Waals surface area contributed by atoms with E-state index < -0.39 is 0 Å². The first-order valence-electron chi connectivity index (χ1n) is 7.00. The van der Waals surface area contributed by atoms with Crippen LogP contribution >= 0.6 is 0 Å². The lowest BCUT2D eigenvalue weighted by Gasteiger charge is -2.17. The number of para-hydroxylation sites is 1. The van der Waals surface area contributed by atoms with Crippen molar-refractivity contribution in [1.82, 2.24) is 15.4 Å². The maximum absolute atomic E-state index is 5.72. The van der Waals surface area contributed by atoms with Crippen LogP contribution in [0.5, 0.6) is 0 Å². The lowest BCUT2D eigenvalue weighted by molar-refractivity contribution is 0.530. The molecular formula is C17H18N4. The van der Waals surface area contributed by atoms with Gasteiger partial charge in [-0.05, 0) is 30.7 Å². The van der Waals surface area contributed by atoms with Gasteiger partial charge in [-0.15, -0.1) is 0 Å². The molecule has 0 aliphatic rings. The maximum Gasteiger partial charge on any atom is 0.0705 e. The van der Waals surface area contributed by atoms with Crippen LogP contribution in [0.2, 0.25) is 0 Å². The molecule has 1 aromatic carbocycles. The van der Waals surface area contributed by atoms with Crippen LogP contribution in [0.1, 0.15) is 23.0 Å². The lowest BCUT2D eigenvalue weighted by Crippen LogP contribution is -2.31. The molecule has 1 atom stereocenters. The molecule has 4 heteroatoms. The summed E-state index contributed by atoms with van der Waals surface area (Å²) in [5.41, 5.74) is 6.95. The van der Waals surface area contributed by atoms with Crippen molar-refractivity contribution >= 4 is 10.9 Å². The molecule has 3 N–H and O–H groups in total. The first-order valence-corrected chi connectivity index (χ1v) is 7.00. The van der Waals surface area contributed by atoms with Crippen LogP contribution in [-0.2, 0) is 6.42 Å². The zero-order valence-corrected chi connectivity index (χ0v) is 12.0. The van der Waals surface area contributed by atoms with Crippen LogP contribution in [0.15, 0.2) is 54.7 Å². The predicted octanol–water partition coefficient (Wildman–Crippen LogP) is 2.69. The number of nitrogens with one attached hydrogen (secondary N) is 1. The Hall–Kier alpha value is -2.30. The summed E-state index contributed by atoms with van der Waals surface area (Å²) in [7, 11) is 0. The molecule has 3 aromatic rings. The van der Waals surface area contributed by atoms with Crippen LogP contribution in [0.3, 0.4) is 0 Å². The molecule has 106 valence electrons. The van der Waals surface area contributed by atoms with E-state index in [2.05, 4.69) is 22.5 Å². The summed E-state index contributed by atoms with van der Waals surface area (Å²) in [5.74, 6) is 5.72. The van der Waals surface area contributed by atoms with Crippen molar-refractivity contribution in [3.63, 3.8) is 0 Å². The third-order valence-corrected chi connectivity index (χ3v) is 3.65. The van der Waals surface area contributed by atoms with Gasteiger partial charge in [0.2, 0.25) is 0 Å². The largest absolute Gasteiger partial charge is 0.271 e. The van der Waals surface area contributed by atoms with Crippen LogP contribution < -0.4 is 11.3 Å². The molecule has 2 aromatic heterocycles. The van der Waals surface area contributed by atoms with Crippen molar-refractivity contribution in [2.24, 2.45) is 5.84 Å². The van der Waals surface area contributed by atoms with Gasteiger partial charge in [0, 0.05) is 23.7 Å². The number of nitrogens with zero attached hydrogens (tertiary/aromatic N) is 2. The van der Waals surface area contributed by atoms with Gasteiger partial charge in [0.25, 0.3) is 0 Å². The first kappa shape index (κ1) is 13.7. The minimum Gasteiger partial charge on any atom is -0.271 e. The molecule has 4 nitrogen and oxygen atoms in total. The molecule has 0 saturated heterocycles. The van der Waals surface area contributed by atoms with E-state index in [1.807, 2.05) is 43.3 Å². The van der Waals surface area contributed by atoms with Gasteiger partial charge in [0.05, 0.1) is 17.3 Å². The van der Waals surface area contributed by atoms with E-state index in [-0.39, 0.29) is 6.04 Å². The summed E-state index contributed by atoms with van der Waals surface area (Å²) >= 11 is 0. The van der Waals surface area contributed by atoms with Crippen molar-refractivity contribution in [1.29, 1.82) is 0 Å². The number of hydrogen-bond donors (Lipinski definition) is 2. The molecule has 0 aliphatic carbocycles. The van der Waals surface area contributed by atoms with Gasteiger partial charge in [-0.3, -0.25) is 21.2 Å². The summed E-state index contributed by atoms with van der Waals surface area (Å²) in [5, 5.41) is 1.15. The number of hydrazine groups is 1. The molecule has 0 saturated carbocycles. The fourth-order valence-corrected chi connectivity index (χ4v) is 2.53. The second kappa shape index (κ2) is 5.99. The molecule has 1 unspecified atom stereocenters. The molecule has 21 heavy (non-hydrogen) atoms. The van der Waals surface area contributed by atoms with Gasteiger partial charge in [-0.25, -0.2) is 0 Å². The third-order valence-electron chi connectivity index (χ3n) is 3.65. The number of aromatic nitrogens is 2. The van der Waals surface area contributed by atoms with Crippen LogP contribution in [-0.4, -0.2) is 9.97 Å². The Balaban J connectivity index is 1.90. The van der Waals surface area contributed by atoms with E-state index in [0.29, 0.717) is 6.42 Å². The van der Waals surface area contributed by atoms with E-state index >= 15 is 0 Å².